The summed E-state index contributed by atoms with van der Waals surface area (Å²) in [5.41, 5.74) is 0. The first-order valence-corrected chi connectivity index (χ1v) is 7.91. The monoisotopic (exact) mass is 293 g/mol. The van der Waals surface area contributed by atoms with E-state index in [-0.39, 0.29) is 0 Å². The summed E-state index contributed by atoms with van der Waals surface area (Å²) in [6.07, 6.45) is 6.46. The Kier molecular flexibility index (Phi) is 6.67. The van der Waals surface area contributed by atoms with Crippen LogP contribution in [0.3, 0.4) is 0 Å². The molecule has 1 fully saturated rings. The molecule has 0 bridgehead atoms. The Labute approximate surface area is 128 Å². The third kappa shape index (κ3) is 4.81. The number of hydrogen-bond donors (Lipinski definition) is 0. The summed E-state index contributed by atoms with van der Waals surface area (Å²) in [6.45, 7) is 4.26. The van der Waals surface area contributed by atoms with Crippen LogP contribution in [0, 0.1) is 0 Å². The third-order valence-corrected chi connectivity index (χ3v) is 3.95. The normalized spacial score (nSPS) is 16.3. The van der Waals surface area contributed by atoms with Gasteiger partial charge >= 0.3 is 0 Å². The first-order chi connectivity index (χ1) is 10.3. The van der Waals surface area contributed by atoms with Crippen LogP contribution in [-0.2, 0) is 0 Å². The number of nitrogens with zero attached hydrogens (tertiary/aromatic N) is 1. The fourth-order valence-corrected chi connectivity index (χ4v) is 2.78. The average molecular weight is 293 g/mol. The van der Waals surface area contributed by atoms with Crippen molar-refractivity contribution < 1.29 is 14.2 Å². The molecule has 118 valence electrons. The minimum Gasteiger partial charge on any atom is -0.493 e. The van der Waals surface area contributed by atoms with Crippen LogP contribution in [0.5, 0.6) is 17.2 Å². The molecule has 0 amide bonds. The zero-order valence-electron chi connectivity index (χ0n) is 13.3. The number of methoxy groups -OCH3 is 2. The van der Waals surface area contributed by atoms with Gasteiger partial charge in [-0.3, -0.25) is 0 Å². The van der Waals surface area contributed by atoms with Gasteiger partial charge in [-0.05, 0) is 44.5 Å². The van der Waals surface area contributed by atoms with Crippen LogP contribution in [-0.4, -0.2) is 45.4 Å². The van der Waals surface area contributed by atoms with Crippen LogP contribution >= 0.6 is 0 Å². The second-order valence-electron chi connectivity index (χ2n) is 5.45. The first kappa shape index (κ1) is 16.0. The summed E-state index contributed by atoms with van der Waals surface area (Å²) in [5, 5.41) is 0. The first-order valence-electron chi connectivity index (χ1n) is 7.91. The molecular weight excluding hydrogens is 266 g/mol. The van der Waals surface area contributed by atoms with Crippen molar-refractivity contribution in [3.8, 4) is 17.2 Å². The SMILES string of the molecule is COc1cccc(OC)c1OCCCN1CCCCCC1. The second kappa shape index (κ2) is 8.78. The average Bonchev–Trinajstić information content (AvgIpc) is 2.80. The number of hydrogen-bond acceptors (Lipinski definition) is 4. The van der Waals surface area contributed by atoms with E-state index in [0.29, 0.717) is 12.4 Å². The van der Waals surface area contributed by atoms with E-state index in [9.17, 15) is 0 Å². The van der Waals surface area contributed by atoms with E-state index < -0.39 is 0 Å². The Morgan fingerprint density at radius 1 is 0.952 bits per heavy atom. The van der Waals surface area contributed by atoms with E-state index in [2.05, 4.69) is 4.90 Å². The second-order valence-corrected chi connectivity index (χ2v) is 5.45. The molecule has 0 aromatic heterocycles. The number of benzene rings is 1. The van der Waals surface area contributed by atoms with Gasteiger partial charge in [0.2, 0.25) is 5.75 Å². The van der Waals surface area contributed by atoms with E-state index in [1.165, 1.54) is 38.8 Å². The lowest BCUT2D eigenvalue weighted by molar-refractivity contribution is 0.228. The number of likely N-dealkylation sites (tertiary alicyclic amines) is 1. The maximum Gasteiger partial charge on any atom is 0.203 e. The van der Waals surface area contributed by atoms with Gasteiger partial charge in [-0.25, -0.2) is 0 Å². The van der Waals surface area contributed by atoms with Gasteiger partial charge in [0.15, 0.2) is 11.5 Å². The van der Waals surface area contributed by atoms with Crippen molar-refractivity contribution in [2.75, 3.05) is 40.5 Å². The van der Waals surface area contributed by atoms with E-state index in [0.717, 1.165) is 24.5 Å². The molecule has 0 N–H and O–H groups in total. The van der Waals surface area contributed by atoms with Gasteiger partial charge in [0.1, 0.15) is 0 Å². The number of ether oxygens (including phenoxy) is 3. The van der Waals surface area contributed by atoms with Crippen molar-refractivity contribution in [3.05, 3.63) is 18.2 Å². The Bertz CT molecular complexity index is 392. The summed E-state index contributed by atoms with van der Waals surface area (Å²) in [7, 11) is 3.30. The van der Waals surface area contributed by atoms with Gasteiger partial charge in [0.05, 0.1) is 20.8 Å². The smallest absolute Gasteiger partial charge is 0.203 e. The molecule has 21 heavy (non-hydrogen) atoms. The summed E-state index contributed by atoms with van der Waals surface area (Å²) in [4.78, 5) is 2.55. The highest BCUT2D eigenvalue weighted by Gasteiger charge is 2.12. The third-order valence-electron chi connectivity index (χ3n) is 3.95. The topological polar surface area (TPSA) is 30.9 Å². The van der Waals surface area contributed by atoms with E-state index in [1.807, 2.05) is 18.2 Å². The van der Waals surface area contributed by atoms with Crippen molar-refractivity contribution in [2.45, 2.75) is 32.1 Å². The fraction of sp³-hybridized carbons (Fsp3) is 0.647. The summed E-state index contributed by atoms with van der Waals surface area (Å²) < 4.78 is 16.6. The zero-order valence-corrected chi connectivity index (χ0v) is 13.3. The van der Waals surface area contributed by atoms with Gasteiger partial charge in [0, 0.05) is 6.54 Å². The quantitative estimate of drug-likeness (QED) is 0.721. The molecule has 1 aromatic rings. The molecular formula is C17H27NO3. The molecule has 1 aliphatic rings. The van der Waals surface area contributed by atoms with Crippen molar-refractivity contribution in [3.63, 3.8) is 0 Å². The van der Waals surface area contributed by atoms with Crippen molar-refractivity contribution in [1.29, 1.82) is 0 Å². The van der Waals surface area contributed by atoms with Crippen LogP contribution in [0.25, 0.3) is 0 Å². The van der Waals surface area contributed by atoms with Crippen LogP contribution in [0.15, 0.2) is 18.2 Å². The van der Waals surface area contributed by atoms with Gasteiger partial charge < -0.3 is 19.1 Å². The maximum absolute atomic E-state index is 5.90. The van der Waals surface area contributed by atoms with Gasteiger partial charge in [-0.2, -0.15) is 0 Å². The molecule has 1 aromatic carbocycles. The number of para-hydroxylation sites is 1. The molecule has 0 aliphatic carbocycles. The molecule has 0 radical (unpaired) electrons. The lowest BCUT2D eigenvalue weighted by atomic mass is 10.2. The van der Waals surface area contributed by atoms with Crippen LogP contribution < -0.4 is 14.2 Å². The minimum absolute atomic E-state index is 0.688. The molecule has 4 nitrogen and oxygen atoms in total. The lowest BCUT2D eigenvalue weighted by Crippen LogP contribution is -2.26. The summed E-state index contributed by atoms with van der Waals surface area (Å²) >= 11 is 0. The fourth-order valence-electron chi connectivity index (χ4n) is 2.78. The van der Waals surface area contributed by atoms with E-state index in [1.54, 1.807) is 14.2 Å². The van der Waals surface area contributed by atoms with Crippen LogP contribution in [0.2, 0.25) is 0 Å². The van der Waals surface area contributed by atoms with Gasteiger partial charge in [-0.1, -0.05) is 18.9 Å². The molecule has 1 aliphatic heterocycles. The van der Waals surface area contributed by atoms with Gasteiger partial charge in [0.25, 0.3) is 0 Å². The predicted molar refractivity (Wildman–Crippen MR) is 84.6 cm³/mol. The Balaban J connectivity index is 1.80. The van der Waals surface area contributed by atoms with Crippen molar-refractivity contribution >= 4 is 0 Å². The van der Waals surface area contributed by atoms with E-state index >= 15 is 0 Å². The molecule has 0 atom stereocenters. The minimum atomic E-state index is 0.688. The Morgan fingerprint density at radius 2 is 1.57 bits per heavy atom. The molecule has 0 saturated carbocycles. The maximum atomic E-state index is 5.90. The Hall–Kier alpha value is -1.42. The largest absolute Gasteiger partial charge is 0.493 e. The van der Waals surface area contributed by atoms with Crippen molar-refractivity contribution in [1.82, 2.24) is 4.90 Å². The van der Waals surface area contributed by atoms with Crippen LogP contribution in [0.1, 0.15) is 32.1 Å². The van der Waals surface area contributed by atoms with Gasteiger partial charge in [-0.15, -0.1) is 0 Å². The highest BCUT2D eigenvalue weighted by molar-refractivity contribution is 5.51. The molecule has 2 rings (SSSR count). The summed E-state index contributed by atoms with van der Waals surface area (Å²) in [6, 6.07) is 5.70. The molecule has 4 heteroatoms. The predicted octanol–water partition coefficient (Wildman–Crippen LogP) is 3.35. The highest BCUT2D eigenvalue weighted by Crippen LogP contribution is 2.36. The molecule has 1 saturated heterocycles. The number of rotatable bonds is 7. The van der Waals surface area contributed by atoms with E-state index in [4.69, 9.17) is 14.2 Å². The Morgan fingerprint density at radius 3 is 2.14 bits per heavy atom. The molecule has 0 spiro atoms. The molecule has 0 unspecified atom stereocenters. The molecule has 1 heterocycles. The van der Waals surface area contributed by atoms with Crippen molar-refractivity contribution in [2.24, 2.45) is 0 Å². The standard InChI is InChI=1S/C17H27NO3/c1-19-15-9-7-10-16(20-2)17(15)21-14-8-13-18-11-5-3-4-6-12-18/h7,9-10H,3-6,8,11-14H2,1-2H3. The zero-order chi connectivity index (χ0) is 14.9. The van der Waals surface area contributed by atoms with Crippen LogP contribution in [0.4, 0.5) is 0 Å². The summed E-state index contributed by atoms with van der Waals surface area (Å²) in [5.74, 6) is 2.16. The lowest BCUT2D eigenvalue weighted by Gasteiger charge is -2.20. The highest BCUT2D eigenvalue weighted by atomic mass is 16.5.